The maximum absolute atomic E-state index is 12.1. The Labute approximate surface area is 137 Å². The summed E-state index contributed by atoms with van der Waals surface area (Å²) >= 11 is 0. The predicted molar refractivity (Wildman–Crippen MR) is 83.5 cm³/mol. The zero-order valence-electron chi connectivity index (χ0n) is 13.4. The second kappa shape index (κ2) is 6.57. The average Bonchev–Trinajstić information content (AvgIpc) is 3.18. The van der Waals surface area contributed by atoms with Crippen LogP contribution in [0.25, 0.3) is 0 Å². The number of aromatic nitrogens is 2. The lowest BCUT2D eigenvalue weighted by Gasteiger charge is -2.19. The Balaban J connectivity index is 1.98. The summed E-state index contributed by atoms with van der Waals surface area (Å²) in [4.78, 5) is 35.2. The van der Waals surface area contributed by atoms with Gasteiger partial charge in [0.15, 0.2) is 5.54 Å². The van der Waals surface area contributed by atoms with Crippen molar-refractivity contribution in [3.05, 3.63) is 36.5 Å². The van der Waals surface area contributed by atoms with Gasteiger partial charge < -0.3 is 20.2 Å². The van der Waals surface area contributed by atoms with Crippen molar-refractivity contribution >= 4 is 23.5 Å². The van der Waals surface area contributed by atoms with E-state index in [2.05, 4.69) is 15.7 Å². The molecule has 2 aromatic rings. The molecule has 0 saturated carbocycles. The number of amides is 2. The van der Waals surface area contributed by atoms with Crippen molar-refractivity contribution in [2.45, 2.75) is 32.4 Å². The summed E-state index contributed by atoms with van der Waals surface area (Å²) in [5, 5.41) is 18.2. The molecule has 0 aliphatic heterocycles. The maximum atomic E-state index is 12.1. The van der Waals surface area contributed by atoms with Gasteiger partial charge in [-0.05, 0) is 26.8 Å². The van der Waals surface area contributed by atoms with Gasteiger partial charge in [0, 0.05) is 6.20 Å². The lowest BCUT2D eigenvalue weighted by atomic mass is 10.1. The first-order valence-electron chi connectivity index (χ1n) is 7.14. The Hall–Kier alpha value is -3.10. The number of carboxylic acids is 1. The molecule has 0 aliphatic carbocycles. The number of anilines is 1. The fraction of sp³-hybridized carbons (Fsp3) is 0.333. The van der Waals surface area contributed by atoms with Gasteiger partial charge in [-0.1, -0.05) is 0 Å². The lowest BCUT2D eigenvalue weighted by Crippen LogP contribution is -2.41. The Morgan fingerprint density at radius 2 is 2.08 bits per heavy atom. The first kappa shape index (κ1) is 17.3. The highest BCUT2D eigenvalue weighted by Gasteiger charge is 2.30. The minimum Gasteiger partial charge on any atom is -0.479 e. The number of hydrogen-bond donors (Lipinski definition) is 3. The standard InChI is InChI=1S/C15H18N4O5/c1-9(17-13(21)10-4-5-24-8-10)12(20)18-11-6-16-19(7-11)15(2,3)14(22)23/h4-9H,1-3H3,(H,17,21)(H,18,20)(H,22,23). The molecule has 2 rings (SSSR count). The van der Waals surface area contributed by atoms with E-state index in [0.29, 0.717) is 11.3 Å². The van der Waals surface area contributed by atoms with Crippen molar-refractivity contribution in [1.82, 2.24) is 15.1 Å². The summed E-state index contributed by atoms with van der Waals surface area (Å²) in [6.07, 6.45) is 5.39. The molecule has 9 heteroatoms. The van der Waals surface area contributed by atoms with Gasteiger partial charge in [0.05, 0.1) is 23.7 Å². The summed E-state index contributed by atoms with van der Waals surface area (Å²) in [5.74, 6) is -1.95. The van der Waals surface area contributed by atoms with Crippen molar-refractivity contribution in [1.29, 1.82) is 0 Å². The van der Waals surface area contributed by atoms with E-state index in [9.17, 15) is 14.4 Å². The van der Waals surface area contributed by atoms with Crippen LogP contribution in [0.5, 0.6) is 0 Å². The van der Waals surface area contributed by atoms with Gasteiger partial charge in [-0.2, -0.15) is 5.10 Å². The minimum absolute atomic E-state index is 0.311. The molecule has 128 valence electrons. The Morgan fingerprint density at radius 3 is 2.67 bits per heavy atom. The number of carbonyl (C=O) groups excluding carboxylic acids is 2. The number of carboxylic acid groups (broad SMARTS) is 1. The third kappa shape index (κ3) is 3.62. The van der Waals surface area contributed by atoms with Crippen LogP contribution in [0.15, 0.2) is 35.4 Å². The molecule has 2 heterocycles. The Bertz CT molecular complexity index is 748. The number of hydrogen-bond acceptors (Lipinski definition) is 5. The first-order valence-corrected chi connectivity index (χ1v) is 7.14. The van der Waals surface area contributed by atoms with Gasteiger partial charge in [-0.15, -0.1) is 0 Å². The Morgan fingerprint density at radius 1 is 1.38 bits per heavy atom. The number of nitrogens with one attached hydrogen (secondary N) is 2. The van der Waals surface area contributed by atoms with Crippen molar-refractivity contribution < 1.29 is 23.9 Å². The van der Waals surface area contributed by atoms with E-state index in [4.69, 9.17) is 9.52 Å². The molecule has 0 spiro atoms. The van der Waals surface area contributed by atoms with Gasteiger partial charge in [0.1, 0.15) is 12.3 Å². The van der Waals surface area contributed by atoms with Gasteiger partial charge >= 0.3 is 5.97 Å². The zero-order valence-corrected chi connectivity index (χ0v) is 13.4. The van der Waals surface area contributed by atoms with Crippen LogP contribution in [-0.2, 0) is 15.1 Å². The second-order valence-electron chi connectivity index (χ2n) is 5.73. The molecule has 2 amide bonds. The van der Waals surface area contributed by atoms with Crippen LogP contribution in [0, 0.1) is 0 Å². The summed E-state index contributed by atoms with van der Waals surface area (Å²) < 4.78 is 6.04. The molecule has 1 unspecified atom stereocenters. The largest absolute Gasteiger partial charge is 0.479 e. The molecule has 9 nitrogen and oxygen atoms in total. The quantitative estimate of drug-likeness (QED) is 0.725. The molecule has 2 aromatic heterocycles. The van der Waals surface area contributed by atoms with Crippen molar-refractivity contribution in [2.75, 3.05) is 5.32 Å². The highest BCUT2D eigenvalue weighted by molar-refractivity contribution is 6.00. The third-order valence-electron chi connectivity index (χ3n) is 3.47. The van der Waals surface area contributed by atoms with E-state index in [-0.39, 0.29) is 0 Å². The molecule has 0 aliphatic rings. The number of rotatable bonds is 6. The summed E-state index contributed by atoms with van der Waals surface area (Å²) in [5.41, 5.74) is -0.603. The molecule has 0 fully saturated rings. The average molecular weight is 334 g/mol. The van der Waals surface area contributed by atoms with Gasteiger partial charge in [-0.3, -0.25) is 14.3 Å². The van der Waals surface area contributed by atoms with Crippen LogP contribution in [0.1, 0.15) is 31.1 Å². The smallest absolute Gasteiger partial charge is 0.331 e. The Kier molecular flexibility index (Phi) is 4.72. The summed E-state index contributed by atoms with van der Waals surface area (Å²) in [7, 11) is 0. The summed E-state index contributed by atoms with van der Waals surface area (Å²) in [6, 6.07) is 0.682. The molecule has 0 aromatic carbocycles. The van der Waals surface area contributed by atoms with Crippen LogP contribution in [0.4, 0.5) is 5.69 Å². The SMILES string of the molecule is CC(NC(=O)c1ccoc1)C(=O)Nc1cnn(C(C)(C)C(=O)O)c1. The van der Waals surface area contributed by atoms with Crippen LogP contribution < -0.4 is 10.6 Å². The number of carbonyl (C=O) groups is 3. The molecule has 3 N–H and O–H groups in total. The first-order chi connectivity index (χ1) is 11.2. The van der Waals surface area contributed by atoms with E-state index in [0.717, 1.165) is 0 Å². The van der Waals surface area contributed by atoms with Crippen LogP contribution in [-0.4, -0.2) is 38.7 Å². The summed E-state index contributed by atoms with van der Waals surface area (Å²) in [6.45, 7) is 4.50. The van der Waals surface area contributed by atoms with Crippen molar-refractivity contribution in [2.24, 2.45) is 0 Å². The molecule has 0 radical (unpaired) electrons. The van der Waals surface area contributed by atoms with Gasteiger partial charge in [0.2, 0.25) is 5.91 Å². The third-order valence-corrected chi connectivity index (χ3v) is 3.47. The number of aliphatic carboxylic acids is 1. The maximum Gasteiger partial charge on any atom is 0.331 e. The second-order valence-corrected chi connectivity index (χ2v) is 5.73. The topological polar surface area (TPSA) is 126 Å². The van der Waals surface area contributed by atoms with E-state index >= 15 is 0 Å². The highest BCUT2D eigenvalue weighted by Crippen LogP contribution is 2.17. The predicted octanol–water partition coefficient (Wildman–Crippen LogP) is 1.05. The molecule has 1 atom stereocenters. The number of nitrogens with zero attached hydrogens (tertiary/aromatic N) is 2. The van der Waals surface area contributed by atoms with E-state index in [1.165, 1.54) is 56.4 Å². The van der Waals surface area contributed by atoms with Crippen molar-refractivity contribution in [3.63, 3.8) is 0 Å². The normalized spacial score (nSPS) is 12.5. The molecular formula is C15H18N4O5. The van der Waals surface area contributed by atoms with Crippen LogP contribution in [0.3, 0.4) is 0 Å². The van der Waals surface area contributed by atoms with Gasteiger partial charge in [0.25, 0.3) is 5.91 Å². The molecule has 24 heavy (non-hydrogen) atoms. The fourth-order valence-corrected chi connectivity index (χ4v) is 1.78. The van der Waals surface area contributed by atoms with E-state index in [1.54, 1.807) is 0 Å². The van der Waals surface area contributed by atoms with Crippen LogP contribution >= 0.6 is 0 Å². The molecular weight excluding hydrogens is 316 g/mol. The van der Waals surface area contributed by atoms with E-state index < -0.39 is 29.4 Å². The van der Waals surface area contributed by atoms with Gasteiger partial charge in [-0.25, -0.2) is 4.79 Å². The highest BCUT2D eigenvalue weighted by atomic mass is 16.4. The minimum atomic E-state index is -1.25. The number of furan rings is 1. The monoisotopic (exact) mass is 334 g/mol. The fourth-order valence-electron chi connectivity index (χ4n) is 1.78. The lowest BCUT2D eigenvalue weighted by molar-refractivity contribution is -0.146. The van der Waals surface area contributed by atoms with Crippen molar-refractivity contribution in [3.8, 4) is 0 Å². The zero-order chi connectivity index (χ0) is 17.9. The van der Waals surface area contributed by atoms with E-state index in [1.807, 2.05) is 0 Å². The molecule has 0 saturated heterocycles. The van der Waals surface area contributed by atoms with Crippen LogP contribution in [0.2, 0.25) is 0 Å². The molecule has 0 bridgehead atoms.